The highest BCUT2D eigenvalue weighted by Crippen LogP contribution is 2.31. The first-order valence-electron chi connectivity index (χ1n) is 9.10. The summed E-state index contributed by atoms with van der Waals surface area (Å²) in [6.45, 7) is 10.8. The van der Waals surface area contributed by atoms with Crippen molar-refractivity contribution in [3.05, 3.63) is 55.7 Å². The number of hydrogen-bond acceptors (Lipinski definition) is 4. The van der Waals surface area contributed by atoms with Crippen molar-refractivity contribution in [2.75, 3.05) is 0 Å². The third-order valence-electron chi connectivity index (χ3n) is 4.96. The lowest BCUT2D eigenvalue weighted by Gasteiger charge is -2.08. The summed E-state index contributed by atoms with van der Waals surface area (Å²) in [6, 6.07) is 6.48. The van der Waals surface area contributed by atoms with E-state index in [-0.39, 0.29) is 5.56 Å². The monoisotopic (exact) mass is 386 g/mol. The Morgan fingerprint density at radius 3 is 2.77 bits per heavy atom. The largest absolute Gasteiger partial charge is 0.301 e. The van der Waals surface area contributed by atoms with Crippen molar-refractivity contribution in [2.45, 2.75) is 58.4 Å². The van der Waals surface area contributed by atoms with Crippen LogP contribution < -0.4 is 5.56 Å². The van der Waals surface area contributed by atoms with E-state index in [1.54, 1.807) is 23.1 Å². The molecule has 26 heavy (non-hydrogen) atoms. The number of aromatic nitrogens is 2. The molecule has 0 aliphatic carbocycles. The number of thiophene rings is 1. The molecule has 0 spiro atoms. The summed E-state index contributed by atoms with van der Waals surface area (Å²) in [5.41, 5.74) is 5.00. The Morgan fingerprint density at radius 2 is 2.04 bits per heavy atom. The molecule has 1 aromatic carbocycles. The molecule has 0 saturated heterocycles. The third-order valence-corrected chi connectivity index (χ3v) is 6.92. The Kier molecular flexibility index (Phi) is 5.88. The van der Waals surface area contributed by atoms with Crippen molar-refractivity contribution in [3.8, 4) is 0 Å². The number of aromatic amines is 1. The van der Waals surface area contributed by atoms with Crippen LogP contribution in [0.3, 0.4) is 0 Å². The summed E-state index contributed by atoms with van der Waals surface area (Å²) in [5, 5.41) is 1.50. The van der Waals surface area contributed by atoms with Gasteiger partial charge in [0.05, 0.1) is 5.39 Å². The van der Waals surface area contributed by atoms with Crippen LogP contribution in [0.4, 0.5) is 0 Å². The Hall–Kier alpha value is -1.59. The van der Waals surface area contributed by atoms with Crippen LogP contribution in [0, 0.1) is 26.7 Å². The molecule has 0 aliphatic heterocycles. The van der Waals surface area contributed by atoms with Crippen molar-refractivity contribution in [1.29, 1.82) is 0 Å². The number of nitrogens with zero attached hydrogens (tertiary/aromatic N) is 1. The molecule has 0 amide bonds. The van der Waals surface area contributed by atoms with Crippen molar-refractivity contribution < 1.29 is 0 Å². The number of thioether (sulfide) groups is 1. The molecule has 2 aromatic heterocycles. The van der Waals surface area contributed by atoms with E-state index in [1.807, 2.05) is 0 Å². The van der Waals surface area contributed by atoms with Gasteiger partial charge in [-0.2, -0.15) is 0 Å². The Balaban J connectivity index is 1.89. The molecule has 0 unspecified atom stereocenters. The fourth-order valence-electron chi connectivity index (χ4n) is 3.06. The van der Waals surface area contributed by atoms with Gasteiger partial charge in [-0.1, -0.05) is 55.8 Å². The van der Waals surface area contributed by atoms with Crippen LogP contribution in [0.15, 0.2) is 28.2 Å². The lowest BCUT2D eigenvalue weighted by molar-refractivity contribution is 0.561. The highest BCUT2D eigenvalue weighted by molar-refractivity contribution is 7.98. The van der Waals surface area contributed by atoms with Crippen LogP contribution in [0.1, 0.15) is 47.4 Å². The average molecular weight is 387 g/mol. The summed E-state index contributed by atoms with van der Waals surface area (Å²) in [4.78, 5) is 22.6. The Morgan fingerprint density at radius 1 is 1.27 bits per heavy atom. The van der Waals surface area contributed by atoms with E-state index in [2.05, 4.69) is 57.8 Å². The standard InChI is InChI=1S/C21H26N2OS2/c1-6-12(2)10-17-15(5)26-20-18(17)19(24)22-21(23-20)25-11-16-9-13(3)7-8-14(16)4/h7-9,12H,6,10-11H2,1-5H3,(H,22,23,24)/t12-/m1/s1. The number of aryl methyl sites for hydroxylation is 3. The molecule has 0 aliphatic rings. The van der Waals surface area contributed by atoms with E-state index in [4.69, 9.17) is 4.98 Å². The quantitative estimate of drug-likeness (QED) is 0.431. The molecule has 3 rings (SSSR count). The van der Waals surface area contributed by atoms with Crippen molar-refractivity contribution in [2.24, 2.45) is 5.92 Å². The van der Waals surface area contributed by atoms with Crippen molar-refractivity contribution in [3.63, 3.8) is 0 Å². The maximum atomic E-state index is 12.7. The number of benzene rings is 1. The second kappa shape index (κ2) is 7.97. The van der Waals surface area contributed by atoms with Gasteiger partial charge < -0.3 is 4.98 Å². The van der Waals surface area contributed by atoms with Crippen LogP contribution in [0.5, 0.6) is 0 Å². The predicted octanol–water partition coefficient (Wildman–Crippen LogP) is 5.79. The fraction of sp³-hybridized carbons (Fsp3) is 0.429. The van der Waals surface area contributed by atoms with Crippen LogP contribution in [-0.2, 0) is 12.2 Å². The number of fused-ring (bicyclic) bond motifs is 1. The van der Waals surface area contributed by atoms with E-state index in [9.17, 15) is 4.79 Å². The van der Waals surface area contributed by atoms with Gasteiger partial charge in [-0.25, -0.2) is 4.98 Å². The molecule has 138 valence electrons. The van der Waals surface area contributed by atoms with Crippen LogP contribution in [0.2, 0.25) is 0 Å². The zero-order valence-corrected chi connectivity index (χ0v) is 17.7. The molecular formula is C21H26N2OS2. The summed E-state index contributed by atoms with van der Waals surface area (Å²) >= 11 is 3.24. The second-order valence-corrected chi connectivity index (χ2v) is 9.29. The van der Waals surface area contributed by atoms with Crippen LogP contribution >= 0.6 is 23.1 Å². The van der Waals surface area contributed by atoms with Crippen LogP contribution in [-0.4, -0.2) is 9.97 Å². The van der Waals surface area contributed by atoms with E-state index in [1.165, 1.54) is 27.1 Å². The van der Waals surface area contributed by atoms with Gasteiger partial charge in [-0.05, 0) is 49.8 Å². The van der Waals surface area contributed by atoms with E-state index in [0.29, 0.717) is 11.1 Å². The Labute approximate surface area is 163 Å². The second-order valence-electron chi connectivity index (χ2n) is 7.12. The molecule has 3 aromatic rings. The minimum Gasteiger partial charge on any atom is -0.301 e. The first kappa shape index (κ1) is 19.2. The lowest BCUT2D eigenvalue weighted by atomic mass is 9.98. The van der Waals surface area contributed by atoms with E-state index < -0.39 is 0 Å². The summed E-state index contributed by atoms with van der Waals surface area (Å²) in [6.07, 6.45) is 2.06. The van der Waals surface area contributed by atoms with Crippen molar-refractivity contribution in [1.82, 2.24) is 9.97 Å². The smallest absolute Gasteiger partial charge is 0.260 e. The van der Waals surface area contributed by atoms with Gasteiger partial charge in [0.25, 0.3) is 5.56 Å². The predicted molar refractivity (Wildman–Crippen MR) is 114 cm³/mol. The molecule has 0 fully saturated rings. The van der Waals surface area contributed by atoms with Crippen LogP contribution in [0.25, 0.3) is 10.2 Å². The van der Waals surface area contributed by atoms with Gasteiger partial charge in [-0.3, -0.25) is 4.79 Å². The molecule has 3 nitrogen and oxygen atoms in total. The van der Waals surface area contributed by atoms with Gasteiger partial charge in [0.2, 0.25) is 0 Å². The number of rotatable bonds is 6. The van der Waals surface area contributed by atoms with Gasteiger partial charge in [0, 0.05) is 10.6 Å². The molecule has 2 heterocycles. The molecule has 5 heteroatoms. The van der Waals surface area contributed by atoms with Gasteiger partial charge in [-0.15, -0.1) is 11.3 Å². The maximum Gasteiger partial charge on any atom is 0.260 e. The summed E-state index contributed by atoms with van der Waals surface area (Å²) in [5.74, 6) is 1.38. The lowest BCUT2D eigenvalue weighted by Crippen LogP contribution is -2.11. The SMILES string of the molecule is CC[C@@H](C)Cc1c(C)sc2nc(SCc3cc(C)ccc3C)[nH]c(=O)c12. The molecule has 0 bridgehead atoms. The zero-order chi connectivity index (χ0) is 18.8. The normalized spacial score (nSPS) is 12.7. The van der Waals surface area contributed by atoms with Gasteiger partial charge in [0.15, 0.2) is 5.16 Å². The number of hydrogen-bond donors (Lipinski definition) is 1. The van der Waals surface area contributed by atoms with Gasteiger partial charge >= 0.3 is 0 Å². The zero-order valence-electron chi connectivity index (χ0n) is 16.1. The molecule has 1 atom stereocenters. The highest BCUT2D eigenvalue weighted by atomic mass is 32.2. The molecule has 0 saturated carbocycles. The maximum absolute atomic E-state index is 12.7. The van der Waals surface area contributed by atoms with E-state index >= 15 is 0 Å². The fourth-order valence-corrected chi connectivity index (χ4v) is 5.10. The average Bonchev–Trinajstić information content (AvgIpc) is 2.91. The first-order valence-corrected chi connectivity index (χ1v) is 10.9. The highest BCUT2D eigenvalue weighted by Gasteiger charge is 2.17. The minimum atomic E-state index is 0.00103. The van der Waals surface area contributed by atoms with Gasteiger partial charge in [0.1, 0.15) is 4.83 Å². The van der Waals surface area contributed by atoms with E-state index in [0.717, 1.165) is 28.8 Å². The minimum absolute atomic E-state index is 0.00103. The molecule has 0 radical (unpaired) electrons. The summed E-state index contributed by atoms with van der Waals surface area (Å²) < 4.78 is 0. The number of H-pyrrole nitrogens is 1. The summed E-state index contributed by atoms with van der Waals surface area (Å²) in [7, 11) is 0. The van der Waals surface area contributed by atoms with Crippen molar-refractivity contribution >= 4 is 33.3 Å². The number of nitrogens with one attached hydrogen (secondary N) is 1. The topological polar surface area (TPSA) is 45.8 Å². The molecular weight excluding hydrogens is 360 g/mol. The molecule has 1 N–H and O–H groups in total. The third kappa shape index (κ3) is 4.04. The Bertz CT molecular complexity index is 988. The first-order chi connectivity index (χ1) is 12.4.